The lowest BCUT2D eigenvalue weighted by Gasteiger charge is -2.29. The summed E-state index contributed by atoms with van der Waals surface area (Å²) >= 11 is 6.26. The molecule has 0 unspecified atom stereocenters. The predicted molar refractivity (Wildman–Crippen MR) is 117 cm³/mol. The molecule has 2 aromatic carbocycles. The van der Waals surface area contributed by atoms with E-state index in [1.807, 2.05) is 42.5 Å². The van der Waals surface area contributed by atoms with Gasteiger partial charge < -0.3 is 20.4 Å². The zero-order chi connectivity index (χ0) is 19.8. The number of ether oxygens (including phenoxy) is 1. The number of nitrogens with one attached hydrogen (secondary N) is 1. The number of aromatic amines is 1. The summed E-state index contributed by atoms with van der Waals surface area (Å²) in [4.78, 5) is 14.8. The Morgan fingerprint density at radius 1 is 1.03 bits per heavy atom. The van der Waals surface area contributed by atoms with Gasteiger partial charge in [0.1, 0.15) is 11.3 Å². The Kier molecular flexibility index (Phi) is 4.58. The van der Waals surface area contributed by atoms with Crippen molar-refractivity contribution in [3.8, 4) is 22.6 Å². The number of aromatic nitrogens is 3. The van der Waals surface area contributed by atoms with E-state index in [4.69, 9.17) is 27.1 Å². The second-order valence-corrected chi connectivity index (χ2v) is 7.43. The minimum Gasteiger partial charge on any atom is -0.397 e. The van der Waals surface area contributed by atoms with Crippen LogP contribution in [0.3, 0.4) is 0 Å². The molecule has 3 N–H and O–H groups in total. The van der Waals surface area contributed by atoms with Crippen LogP contribution in [0, 0.1) is 0 Å². The molecular formula is C22H20ClN5O. The van der Waals surface area contributed by atoms with E-state index in [0.29, 0.717) is 10.7 Å². The number of halogens is 1. The van der Waals surface area contributed by atoms with Gasteiger partial charge in [0.25, 0.3) is 0 Å². The van der Waals surface area contributed by atoms with E-state index < -0.39 is 0 Å². The SMILES string of the molecule is Nc1cc(N2CCOCC2)cc2[nH]c(-c3ccc(-c4ncccc4Cl)cc3)nc12. The number of hydrogen-bond donors (Lipinski definition) is 2. The molecule has 0 spiro atoms. The number of hydrogen-bond acceptors (Lipinski definition) is 5. The van der Waals surface area contributed by atoms with Gasteiger partial charge in [-0.05, 0) is 24.3 Å². The van der Waals surface area contributed by atoms with Crippen molar-refractivity contribution in [2.45, 2.75) is 0 Å². The monoisotopic (exact) mass is 405 g/mol. The van der Waals surface area contributed by atoms with Crippen molar-refractivity contribution in [3.63, 3.8) is 0 Å². The van der Waals surface area contributed by atoms with Crippen LogP contribution in [0.1, 0.15) is 0 Å². The highest BCUT2D eigenvalue weighted by Gasteiger charge is 2.15. The van der Waals surface area contributed by atoms with Gasteiger partial charge in [-0.2, -0.15) is 0 Å². The van der Waals surface area contributed by atoms with Crippen molar-refractivity contribution in [2.24, 2.45) is 0 Å². The van der Waals surface area contributed by atoms with Crippen molar-refractivity contribution in [1.29, 1.82) is 0 Å². The summed E-state index contributed by atoms with van der Waals surface area (Å²) in [5.41, 5.74) is 12.5. The molecule has 0 saturated carbocycles. The van der Waals surface area contributed by atoms with Gasteiger partial charge in [-0.25, -0.2) is 4.98 Å². The van der Waals surface area contributed by atoms with Gasteiger partial charge in [0.05, 0.1) is 35.1 Å². The van der Waals surface area contributed by atoms with E-state index in [1.54, 1.807) is 6.20 Å². The third kappa shape index (κ3) is 3.41. The lowest BCUT2D eigenvalue weighted by atomic mass is 10.1. The van der Waals surface area contributed by atoms with Crippen molar-refractivity contribution >= 4 is 34.0 Å². The fourth-order valence-electron chi connectivity index (χ4n) is 3.65. The number of benzene rings is 2. The minimum atomic E-state index is 0.632. The maximum atomic E-state index is 6.31. The van der Waals surface area contributed by atoms with Crippen LogP contribution in [0.5, 0.6) is 0 Å². The first-order valence-electron chi connectivity index (χ1n) is 9.52. The number of H-pyrrole nitrogens is 1. The van der Waals surface area contributed by atoms with E-state index in [1.165, 1.54) is 0 Å². The fourth-order valence-corrected chi connectivity index (χ4v) is 3.88. The second-order valence-electron chi connectivity index (χ2n) is 7.03. The Balaban J connectivity index is 1.49. The highest BCUT2D eigenvalue weighted by Crippen LogP contribution is 2.31. The van der Waals surface area contributed by atoms with Crippen LogP contribution in [-0.4, -0.2) is 41.3 Å². The summed E-state index contributed by atoms with van der Waals surface area (Å²) in [7, 11) is 0. The van der Waals surface area contributed by atoms with E-state index in [-0.39, 0.29) is 0 Å². The highest BCUT2D eigenvalue weighted by molar-refractivity contribution is 6.33. The molecule has 1 saturated heterocycles. The van der Waals surface area contributed by atoms with Gasteiger partial charge in [0, 0.05) is 36.1 Å². The Morgan fingerprint density at radius 2 is 1.79 bits per heavy atom. The van der Waals surface area contributed by atoms with Crippen LogP contribution >= 0.6 is 11.6 Å². The van der Waals surface area contributed by atoms with Crippen LogP contribution in [-0.2, 0) is 4.74 Å². The molecular weight excluding hydrogens is 386 g/mol. The van der Waals surface area contributed by atoms with Gasteiger partial charge >= 0.3 is 0 Å². The Bertz CT molecular complexity index is 1170. The molecule has 0 bridgehead atoms. The molecule has 1 fully saturated rings. The van der Waals surface area contributed by atoms with Gasteiger partial charge in [0.15, 0.2) is 0 Å². The topological polar surface area (TPSA) is 80.1 Å². The molecule has 1 aliphatic rings. The average Bonchev–Trinajstić information content (AvgIpc) is 3.20. The molecule has 0 atom stereocenters. The molecule has 0 amide bonds. The number of fused-ring (bicyclic) bond motifs is 1. The van der Waals surface area contributed by atoms with Gasteiger partial charge in [-0.15, -0.1) is 0 Å². The third-order valence-corrected chi connectivity index (χ3v) is 5.47. The van der Waals surface area contributed by atoms with Crippen molar-refractivity contribution in [1.82, 2.24) is 15.0 Å². The van der Waals surface area contributed by atoms with Gasteiger partial charge in [0.2, 0.25) is 0 Å². The van der Waals surface area contributed by atoms with E-state index in [0.717, 1.165) is 65.7 Å². The standard InChI is InChI=1S/C22H20ClN5O/c23-17-2-1-7-25-20(17)14-3-5-15(6-4-14)22-26-19-13-16(12-18(24)21(19)27-22)28-8-10-29-11-9-28/h1-7,12-13H,8-11,24H2,(H,26,27). The minimum absolute atomic E-state index is 0.632. The first-order valence-corrected chi connectivity index (χ1v) is 9.90. The normalized spacial score (nSPS) is 14.4. The molecule has 4 aromatic rings. The lowest BCUT2D eigenvalue weighted by Crippen LogP contribution is -2.36. The van der Waals surface area contributed by atoms with Crippen molar-refractivity contribution in [3.05, 3.63) is 59.8 Å². The van der Waals surface area contributed by atoms with Crippen LogP contribution in [0.15, 0.2) is 54.7 Å². The van der Waals surface area contributed by atoms with Crippen LogP contribution in [0.25, 0.3) is 33.7 Å². The quantitative estimate of drug-likeness (QED) is 0.495. The molecule has 5 rings (SSSR count). The van der Waals surface area contributed by atoms with Crippen LogP contribution in [0.4, 0.5) is 11.4 Å². The number of anilines is 2. The zero-order valence-corrected chi connectivity index (χ0v) is 16.5. The maximum Gasteiger partial charge on any atom is 0.138 e. The first-order chi connectivity index (χ1) is 14.2. The molecule has 3 heterocycles. The predicted octanol–water partition coefficient (Wildman–Crippen LogP) is 4.36. The number of nitrogen functional groups attached to an aromatic ring is 1. The number of rotatable bonds is 3. The van der Waals surface area contributed by atoms with Gasteiger partial charge in [-0.1, -0.05) is 35.9 Å². The zero-order valence-electron chi connectivity index (χ0n) is 15.7. The van der Waals surface area contributed by atoms with E-state index in [2.05, 4.69) is 20.9 Å². The molecule has 1 aliphatic heterocycles. The summed E-state index contributed by atoms with van der Waals surface area (Å²) in [6.07, 6.45) is 1.74. The van der Waals surface area contributed by atoms with Crippen molar-refractivity contribution in [2.75, 3.05) is 36.9 Å². The van der Waals surface area contributed by atoms with Crippen LogP contribution in [0.2, 0.25) is 5.02 Å². The number of pyridine rings is 1. The summed E-state index contributed by atoms with van der Waals surface area (Å²) < 4.78 is 5.44. The third-order valence-electron chi connectivity index (χ3n) is 5.17. The molecule has 2 aromatic heterocycles. The molecule has 6 nitrogen and oxygen atoms in total. The molecule has 7 heteroatoms. The Labute approximate surface area is 173 Å². The second kappa shape index (κ2) is 7.39. The number of imidazole rings is 1. The fraction of sp³-hybridized carbons (Fsp3) is 0.182. The van der Waals surface area contributed by atoms with Crippen molar-refractivity contribution < 1.29 is 4.74 Å². The first kappa shape index (κ1) is 18.0. The van der Waals surface area contributed by atoms with Crippen LogP contribution < -0.4 is 10.6 Å². The molecule has 0 radical (unpaired) electrons. The summed E-state index contributed by atoms with van der Waals surface area (Å²) in [5, 5.41) is 0.632. The van der Waals surface area contributed by atoms with E-state index >= 15 is 0 Å². The lowest BCUT2D eigenvalue weighted by molar-refractivity contribution is 0.122. The summed E-state index contributed by atoms with van der Waals surface area (Å²) in [6, 6.07) is 15.8. The highest BCUT2D eigenvalue weighted by atomic mass is 35.5. The number of nitrogens with two attached hydrogens (primary N) is 1. The maximum absolute atomic E-state index is 6.31. The molecule has 0 aliphatic carbocycles. The molecule has 29 heavy (non-hydrogen) atoms. The summed E-state index contributed by atoms with van der Waals surface area (Å²) in [6.45, 7) is 3.20. The number of morpholine rings is 1. The largest absolute Gasteiger partial charge is 0.397 e. The van der Waals surface area contributed by atoms with Gasteiger partial charge in [-0.3, -0.25) is 4.98 Å². The summed E-state index contributed by atoms with van der Waals surface area (Å²) in [5.74, 6) is 0.782. The van der Waals surface area contributed by atoms with E-state index in [9.17, 15) is 0 Å². The number of nitrogens with zero attached hydrogens (tertiary/aromatic N) is 3. The Morgan fingerprint density at radius 3 is 2.55 bits per heavy atom. The smallest absolute Gasteiger partial charge is 0.138 e. The Hall–Kier alpha value is -3.09. The molecule has 146 valence electrons. The average molecular weight is 406 g/mol.